The molecule has 6 nitrogen and oxygen atoms in total. The number of hydrogen-bond donors (Lipinski definition) is 0. The molecule has 0 radical (unpaired) electrons. The van der Waals surface area contributed by atoms with E-state index >= 15 is 0 Å². The van der Waals surface area contributed by atoms with Crippen LogP contribution in [0.15, 0.2) is 36.9 Å². The zero-order valence-corrected chi connectivity index (χ0v) is 11.8. The lowest BCUT2D eigenvalue weighted by Gasteiger charge is -2.56. The van der Waals surface area contributed by atoms with Crippen molar-refractivity contribution in [2.45, 2.75) is 18.5 Å². The van der Waals surface area contributed by atoms with E-state index in [9.17, 15) is 9.18 Å². The molecule has 22 heavy (non-hydrogen) atoms. The molecule has 2 bridgehead atoms. The first-order chi connectivity index (χ1) is 10.7. The highest BCUT2D eigenvalue weighted by Gasteiger charge is 2.47. The Morgan fingerprint density at radius 1 is 1.18 bits per heavy atom. The van der Waals surface area contributed by atoms with E-state index in [-0.39, 0.29) is 18.0 Å². The lowest BCUT2D eigenvalue weighted by Crippen LogP contribution is -2.70. The van der Waals surface area contributed by atoms with E-state index in [0.717, 1.165) is 12.1 Å². The predicted octanol–water partition coefficient (Wildman–Crippen LogP) is 1.11. The van der Waals surface area contributed by atoms with Gasteiger partial charge in [0.2, 0.25) is 5.95 Å². The Morgan fingerprint density at radius 2 is 2.00 bits per heavy atom. The summed E-state index contributed by atoms with van der Waals surface area (Å²) in [4.78, 5) is 27.9. The van der Waals surface area contributed by atoms with Crippen molar-refractivity contribution in [2.75, 3.05) is 18.0 Å². The molecule has 2 unspecified atom stereocenters. The van der Waals surface area contributed by atoms with Crippen LogP contribution in [0.4, 0.5) is 10.1 Å². The third-order valence-electron chi connectivity index (χ3n) is 4.30. The fourth-order valence-corrected chi connectivity index (χ4v) is 3.29. The van der Waals surface area contributed by atoms with Crippen molar-refractivity contribution >= 4 is 11.6 Å². The summed E-state index contributed by atoms with van der Waals surface area (Å²) in [6.07, 6.45) is 5.41. The highest BCUT2D eigenvalue weighted by atomic mass is 19.1. The quantitative estimate of drug-likeness (QED) is 0.778. The van der Waals surface area contributed by atoms with E-state index < -0.39 is 5.95 Å². The van der Waals surface area contributed by atoms with Gasteiger partial charge in [0.25, 0.3) is 5.91 Å². The van der Waals surface area contributed by atoms with Crippen LogP contribution in [-0.2, 0) is 0 Å². The van der Waals surface area contributed by atoms with Gasteiger partial charge in [-0.2, -0.15) is 4.39 Å². The number of anilines is 1. The number of carbonyl (C=O) groups is 1. The number of fused-ring (bicyclic) bond motifs is 2. The van der Waals surface area contributed by atoms with E-state index in [2.05, 4.69) is 19.9 Å². The summed E-state index contributed by atoms with van der Waals surface area (Å²) in [7, 11) is 0. The molecule has 7 heteroatoms. The number of piperazine rings is 1. The van der Waals surface area contributed by atoms with Gasteiger partial charge in [-0.1, -0.05) is 0 Å². The Morgan fingerprint density at radius 3 is 2.68 bits per heavy atom. The maximum absolute atomic E-state index is 13.2. The van der Waals surface area contributed by atoms with Gasteiger partial charge >= 0.3 is 0 Å². The van der Waals surface area contributed by atoms with Gasteiger partial charge in [-0.25, -0.2) is 15.0 Å². The zero-order valence-electron chi connectivity index (χ0n) is 11.8. The molecule has 5 rings (SSSR count). The van der Waals surface area contributed by atoms with Gasteiger partial charge in [0.05, 0.1) is 12.1 Å². The molecule has 2 atom stereocenters. The van der Waals surface area contributed by atoms with Crippen molar-refractivity contribution < 1.29 is 9.18 Å². The summed E-state index contributed by atoms with van der Waals surface area (Å²) in [5, 5.41) is 0. The normalized spacial score (nSPS) is 23.1. The molecule has 3 aliphatic heterocycles. The minimum Gasteiger partial charge on any atom is -0.367 e. The molecule has 0 N–H and O–H groups in total. The van der Waals surface area contributed by atoms with Crippen LogP contribution in [-0.4, -0.2) is 50.9 Å². The number of carbonyl (C=O) groups excluding carboxylic acids is 1. The van der Waals surface area contributed by atoms with Gasteiger partial charge in [0, 0.05) is 37.2 Å². The molecule has 3 fully saturated rings. The van der Waals surface area contributed by atoms with Gasteiger partial charge in [0.1, 0.15) is 12.0 Å². The Kier molecular flexibility index (Phi) is 2.99. The van der Waals surface area contributed by atoms with E-state index in [1.807, 2.05) is 4.90 Å². The summed E-state index contributed by atoms with van der Waals surface area (Å²) < 4.78 is 13.2. The van der Waals surface area contributed by atoms with Gasteiger partial charge in [-0.05, 0) is 18.6 Å². The highest BCUT2D eigenvalue weighted by molar-refractivity contribution is 5.93. The number of rotatable bonds is 2. The SMILES string of the molecule is O=C(c1ccncn1)N1C2CC1CN(c1ccnc(F)c1)C2. The van der Waals surface area contributed by atoms with Crippen molar-refractivity contribution in [3.05, 3.63) is 48.6 Å². The third-order valence-corrected chi connectivity index (χ3v) is 4.30. The molecule has 2 aromatic heterocycles. The fraction of sp³-hybridized carbons (Fsp3) is 0.333. The third kappa shape index (κ3) is 2.09. The van der Waals surface area contributed by atoms with Crippen LogP contribution < -0.4 is 4.90 Å². The molecule has 0 spiro atoms. The summed E-state index contributed by atoms with van der Waals surface area (Å²) >= 11 is 0. The van der Waals surface area contributed by atoms with Crippen LogP contribution in [0.1, 0.15) is 16.9 Å². The number of pyridine rings is 1. The summed E-state index contributed by atoms with van der Waals surface area (Å²) in [5.74, 6) is -0.533. The molecule has 1 amide bonds. The average Bonchev–Trinajstić information content (AvgIpc) is 2.55. The van der Waals surface area contributed by atoms with E-state index in [4.69, 9.17) is 0 Å². The van der Waals surface area contributed by atoms with Crippen LogP contribution in [0.25, 0.3) is 0 Å². The molecule has 3 aliphatic rings. The topological polar surface area (TPSA) is 62.2 Å². The average molecular weight is 299 g/mol. The van der Waals surface area contributed by atoms with Crippen LogP contribution in [0.3, 0.4) is 0 Å². The number of piperidine rings is 1. The van der Waals surface area contributed by atoms with E-state index in [1.54, 1.807) is 18.3 Å². The van der Waals surface area contributed by atoms with Crippen molar-refractivity contribution in [2.24, 2.45) is 0 Å². The first kappa shape index (κ1) is 13.1. The Balaban J connectivity index is 1.50. The molecule has 112 valence electrons. The minimum atomic E-state index is -0.481. The fourth-order valence-electron chi connectivity index (χ4n) is 3.29. The molecule has 3 saturated heterocycles. The van der Waals surface area contributed by atoms with Gasteiger partial charge in [-0.15, -0.1) is 0 Å². The molecule has 2 aromatic rings. The second-order valence-corrected chi connectivity index (χ2v) is 5.59. The van der Waals surface area contributed by atoms with E-state index in [1.165, 1.54) is 18.6 Å². The number of amides is 1. The number of hydrogen-bond acceptors (Lipinski definition) is 5. The van der Waals surface area contributed by atoms with Crippen molar-refractivity contribution in [1.82, 2.24) is 19.9 Å². The summed E-state index contributed by atoms with van der Waals surface area (Å²) in [5.41, 5.74) is 1.24. The number of nitrogens with zero attached hydrogens (tertiary/aromatic N) is 5. The summed E-state index contributed by atoms with van der Waals surface area (Å²) in [6, 6.07) is 5.16. The lowest BCUT2D eigenvalue weighted by molar-refractivity contribution is 0.00538. The zero-order chi connectivity index (χ0) is 15.1. The standard InChI is InChI=1S/C15H14FN5O/c16-14-6-10(1-4-18-14)20-7-11-5-12(8-20)21(11)15(22)13-2-3-17-9-19-13/h1-4,6,9,11-12H,5,7-8H2. The van der Waals surface area contributed by atoms with Crippen LogP contribution in [0.5, 0.6) is 0 Å². The number of halogens is 1. The Hall–Kier alpha value is -2.57. The molecule has 0 aliphatic carbocycles. The first-order valence-electron chi connectivity index (χ1n) is 7.17. The predicted molar refractivity (Wildman–Crippen MR) is 76.8 cm³/mol. The minimum absolute atomic E-state index is 0.0517. The van der Waals surface area contributed by atoms with Crippen molar-refractivity contribution in [3.63, 3.8) is 0 Å². The second kappa shape index (κ2) is 5.01. The number of aromatic nitrogens is 3. The lowest BCUT2D eigenvalue weighted by atomic mass is 9.86. The van der Waals surface area contributed by atoms with Crippen LogP contribution in [0.2, 0.25) is 0 Å². The highest BCUT2D eigenvalue weighted by Crippen LogP contribution is 2.35. The maximum atomic E-state index is 13.2. The molecular formula is C15H14FN5O. The summed E-state index contributed by atoms with van der Waals surface area (Å²) in [6.45, 7) is 1.41. The molecule has 5 heterocycles. The van der Waals surface area contributed by atoms with Crippen LogP contribution in [0, 0.1) is 5.95 Å². The molecule has 0 saturated carbocycles. The van der Waals surface area contributed by atoms with Crippen molar-refractivity contribution in [3.8, 4) is 0 Å². The van der Waals surface area contributed by atoms with Gasteiger partial charge in [0.15, 0.2) is 0 Å². The van der Waals surface area contributed by atoms with E-state index in [0.29, 0.717) is 18.8 Å². The molecular weight excluding hydrogens is 285 g/mol. The largest absolute Gasteiger partial charge is 0.367 e. The monoisotopic (exact) mass is 299 g/mol. The van der Waals surface area contributed by atoms with Gasteiger partial charge in [-0.3, -0.25) is 4.79 Å². The molecule has 0 aromatic carbocycles. The van der Waals surface area contributed by atoms with Gasteiger partial charge < -0.3 is 9.80 Å². The van der Waals surface area contributed by atoms with Crippen molar-refractivity contribution in [1.29, 1.82) is 0 Å². The Labute approximate surface area is 126 Å². The van der Waals surface area contributed by atoms with Crippen LogP contribution >= 0.6 is 0 Å². The maximum Gasteiger partial charge on any atom is 0.273 e. The first-order valence-corrected chi connectivity index (χ1v) is 7.17. The Bertz CT molecular complexity index is 698. The second-order valence-electron chi connectivity index (χ2n) is 5.59. The smallest absolute Gasteiger partial charge is 0.273 e.